The van der Waals surface area contributed by atoms with Gasteiger partial charge in [-0.2, -0.15) is 0 Å². The quantitative estimate of drug-likeness (QED) is 0.647. The SMILES string of the molecule is NC(=O)C1CCCN1C(=O)C(Cc1cn(P)cn1)NC(=O)OCc1ccccc1. The number of rotatable bonds is 7. The van der Waals surface area contributed by atoms with Crippen LogP contribution in [0.3, 0.4) is 0 Å². The highest BCUT2D eigenvalue weighted by atomic mass is 31.0. The molecule has 0 radical (unpaired) electrons. The smallest absolute Gasteiger partial charge is 0.408 e. The second kappa shape index (κ2) is 9.52. The molecule has 3 N–H and O–H groups in total. The van der Waals surface area contributed by atoms with Gasteiger partial charge in [0.15, 0.2) is 0 Å². The number of alkyl carbamates (subject to hydrolysis) is 1. The Morgan fingerprint density at radius 2 is 2.07 bits per heavy atom. The van der Waals surface area contributed by atoms with Crippen molar-refractivity contribution in [3.63, 3.8) is 0 Å². The zero-order valence-electron chi connectivity index (χ0n) is 15.9. The number of nitrogens with one attached hydrogen (secondary N) is 1. The highest BCUT2D eigenvalue weighted by molar-refractivity contribution is 7.14. The lowest BCUT2D eigenvalue weighted by Gasteiger charge is -2.27. The van der Waals surface area contributed by atoms with Crippen LogP contribution in [0.5, 0.6) is 0 Å². The topological polar surface area (TPSA) is 120 Å². The van der Waals surface area contributed by atoms with Crippen molar-refractivity contribution < 1.29 is 19.1 Å². The number of aromatic nitrogens is 2. The molecule has 2 aromatic rings. The van der Waals surface area contributed by atoms with E-state index in [0.717, 1.165) is 5.56 Å². The summed E-state index contributed by atoms with van der Waals surface area (Å²) in [4.78, 5) is 42.7. The van der Waals surface area contributed by atoms with E-state index in [2.05, 4.69) is 19.7 Å². The fourth-order valence-corrected chi connectivity index (χ4v) is 3.57. The molecule has 1 aromatic carbocycles. The highest BCUT2D eigenvalue weighted by Crippen LogP contribution is 2.19. The fraction of sp³-hybridized carbons (Fsp3) is 0.368. The summed E-state index contributed by atoms with van der Waals surface area (Å²) in [6.45, 7) is 0.503. The number of carbonyl (C=O) groups is 3. The van der Waals surface area contributed by atoms with Gasteiger partial charge in [-0.1, -0.05) is 30.3 Å². The number of hydrogen-bond donors (Lipinski definition) is 2. The molecule has 1 aliphatic rings. The van der Waals surface area contributed by atoms with Gasteiger partial charge in [0.2, 0.25) is 11.8 Å². The lowest BCUT2D eigenvalue weighted by atomic mass is 10.1. The first-order chi connectivity index (χ1) is 13.9. The van der Waals surface area contributed by atoms with Crippen molar-refractivity contribution in [2.45, 2.75) is 38.0 Å². The van der Waals surface area contributed by atoms with Crippen molar-refractivity contribution in [3.05, 3.63) is 54.1 Å². The van der Waals surface area contributed by atoms with Crippen molar-refractivity contribution in [2.75, 3.05) is 6.54 Å². The van der Waals surface area contributed by atoms with Crippen LogP contribution in [0.25, 0.3) is 0 Å². The van der Waals surface area contributed by atoms with Crippen LogP contribution in [0, 0.1) is 0 Å². The molecular formula is C19H24N5O4P. The molecule has 3 amide bonds. The number of nitrogens with zero attached hydrogens (tertiary/aromatic N) is 3. The molecule has 3 rings (SSSR count). The molecule has 3 unspecified atom stereocenters. The lowest BCUT2D eigenvalue weighted by molar-refractivity contribution is -0.138. The molecule has 1 aromatic heterocycles. The Balaban J connectivity index is 1.69. The molecule has 1 aliphatic heterocycles. The predicted molar refractivity (Wildman–Crippen MR) is 109 cm³/mol. The van der Waals surface area contributed by atoms with Crippen molar-refractivity contribution in [1.29, 1.82) is 0 Å². The molecule has 154 valence electrons. The lowest BCUT2D eigenvalue weighted by Crippen LogP contribution is -2.53. The number of benzene rings is 1. The highest BCUT2D eigenvalue weighted by Gasteiger charge is 2.37. The van der Waals surface area contributed by atoms with Gasteiger partial charge in [-0.3, -0.25) is 9.59 Å². The molecule has 0 aliphatic carbocycles. The van der Waals surface area contributed by atoms with Gasteiger partial charge in [-0.25, -0.2) is 9.78 Å². The summed E-state index contributed by atoms with van der Waals surface area (Å²) >= 11 is 0. The van der Waals surface area contributed by atoms with Crippen molar-refractivity contribution in [3.8, 4) is 0 Å². The van der Waals surface area contributed by atoms with Gasteiger partial charge in [0.05, 0.1) is 12.0 Å². The Hall–Kier alpha value is -2.93. The van der Waals surface area contributed by atoms with Gasteiger partial charge in [0.1, 0.15) is 18.7 Å². The van der Waals surface area contributed by atoms with Crippen LogP contribution in [0.2, 0.25) is 0 Å². The van der Waals surface area contributed by atoms with Crippen LogP contribution in [0.1, 0.15) is 24.1 Å². The van der Waals surface area contributed by atoms with Crippen molar-refractivity contribution >= 4 is 27.3 Å². The normalized spacial score (nSPS) is 17.0. The summed E-state index contributed by atoms with van der Waals surface area (Å²) in [7, 11) is 2.45. The molecule has 0 spiro atoms. The Morgan fingerprint density at radius 3 is 2.72 bits per heavy atom. The number of carbonyl (C=O) groups excluding carboxylic acids is 3. The van der Waals surface area contributed by atoms with Crippen LogP contribution in [-0.2, 0) is 27.4 Å². The van der Waals surface area contributed by atoms with E-state index in [4.69, 9.17) is 10.5 Å². The van der Waals surface area contributed by atoms with E-state index in [-0.39, 0.29) is 18.9 Å². The largest absolute Gasteiger partial charge is 0.445 e. The summed E-state index contributed by atoms with van der Waals surface area (Å²) in [5.41, 5.74) is 6.89. The summed E-state index contributed by atoms with van der Waals surface area (Å²) in [6, 6.07) is 7.66. The van der Waals surface area contributed by atoms with Gasteiger partial charge in [-0.05, 0) is 27.8 Å². The summed E-state index contributed by atoms with van der Waals surface area (Å²) < 4.78 is 6.92. The van der Waals surface area contributed by atoms with Gasteiger partial charge in [0, 0.05) is 19.2 Å². The van der Waals surface area contributed by atoms with Gasteiger partial charge in [0.25, 0.3) is 0 Å². The first-order valence-corrected chi connectivity index (χ1v) is 9.80. The standard InChI is InChI=1S/C19H24N5O4P/c20-17(25)16-7-4-8-24(16)18(26)15(9-14-10-23(29)12-21-14)22-19(27)28-11-13-5-2-1-3-6-13/h1-3,5-6,10,12,15-16H,4,7-9,11,29H2,(H2,20,25)(H,22,27). The maximum atomic E-state index is 13.1. The molecule has 10 heteroatoms. The van der Waals surface area contributed by atoms with Crippen LogP contribution in [0.4, 0.5) is 4.79 Å². The zero-order chi connectivity index (χ0) is 20.8. The summed E-state index contributed by atoms with van der Waals surface area (Å²) in [6.07, 6.45) is 3.97. The molecule has 1 fully saturated rings. The second-order valence-corrected chi connectivity index (χ2v) is 7.46. The molecule has 1 saturated heterocycles. The maximum absolute atomic E-state index is 13.1. The number of imidazole rings is 1. The molecule has 3 atom stereocenters. The van der Waals surface area contributed by atoms with Crippen molar-refractivity contribution in [1.82, 2.24) is 19.5 Å². The van der Waals surface area contributed by atoms with Crippen LogP contribution >= 0.6 is 9.39 Å². The monoisotopic (exact) mass is 417 g/mol. The number of amides is 3. The van der Waals surface area contributed by atoms with Crippen LogP contribution < -0.4 is 11.1 Å². The fourth-order valence-electron chi connectivity index (χ4n) is 3.33. The van der Waals surface area contributed by atoms with E-state index < -0.39 is 24.1 Å². The van der Waals surface area contributed by atoms with E-state index in [1.807, 2.05) is 30.3 Å². The van der Waals surface area contributed by atoms with E-state index in [9.17, 15) is 14.4 Å². The van der Waals surface area contributed by atoms with E-state index in [1.54, 1.807) is 16.9 Å². The minimum Gasteiger partial charge on any atom is -0.445 e. The molecule has 9 nitrogen and oxygen atoms in total. The van der Waals surface area contributed by atoms with Gasteiger partial charge in [-0.15, -0.1) is 0 Å². The molecule has 0 saturated carbocycles. The molecular weight excluding hydrogens is 393 g/mol. The van der Waals surface area contributed by atoms with E-state index >= 15 is 0 Å². The molecule has 2 heterocycles. The second-order valence-electron chi connectivity index (χ2n) is 6.87. The number of nitrogens with two attached hydrogens (primary N) is 1. The Morgan fingerprint density at radius 1 is 1.31 bits per heavy atom. The Kier molecular flexibility index (Phi) is 6.82. The Labute approximate surface area is 170 Å². The number of likely N-dealkylation sites (tertiary alicyclic amines) is 1. The first kappa shape index (κ1) is 20.8. The van der Waals surface area contributed by atoms with E-state index in [0.29, 0.717) is 25.1 Å². The molecule has 0 bridgehead atoms. The average molecular weight is 417 g/mol. The average Bonchev–Trinajstić information content (AvgIpc) is 3.35. The minimum absolute atomic E-state index is 0.0848. The predicted octanol–water partition coefficient (Wildman–Crippen LogP) is 0.835. The molecule has 29 heavy (non-hydrogen) atoms. The maximum Gasteiger partial charge on any atom is 0.408 e. The first-order valence-electron chi connectivity index (χ1n) is 9.29. The summed E-state index contributed by atoms with van der Waals surface area (Å²) in [5, 5.41) is 2.62. The van der Waals surface area contributed by atoms with E-state index in [1.165, 1.54) is 4.90 Å². The Bertz CT molecular complexity index is 872. The third kappa shape index (κ3) is 5.54. The van der Waals surface area contributed by atoms with Gasteiger partial charge < -0.3 is 25.0 Å². The third-order valence-electron chi connectivity index (χ3n) is 4.74. The number of hydrogen-bond acceptors (Lipinski definition) is 5. The number of primary amides is 1. The van der Waals surface area contributed by atoms with Crippen molar-refractivity contribution in [2.24, 2.45) is 5.73 Å². The third-order valence-corrected chi connectivity index (χ3v) is 5.02. The van der Waals surface area contributed by atoms with Crippen LogP contribution in [-0.4, -0.2) is 50.8 Å². The van der Waals surface area contributed by atoms with Gasteiger partial charge >= 0.3 is 6.09 Å². The summed E-state index contributed by atoms with van der Waals surface area (Å²) in [5.74, 6) is -0.920. The number of ether oxygens (including phenoxy) is 1. The van der Waals surface area contributed by atoms with Crippen LogP contribution in [0.15, 0.2) is 42.9 Å². The zero-order valence-corrected chi connectivity index (χ0v) is 17.0. The minimum atomic E-state index is -0.918.